The lowest BCUT2D eigenvalue weighted by Gasteiger charge is -2.33. The summed E-state index contributed by atoms with van der Waals surface area (Å²) in [5.74, 6) is -1.06. The summed E-state index contributed by atoms with van der Waals surface area (Å²) in [7, 11) is 0. The number of alkyl halides is 3. The molecule has 0 spiro atoms. The number of nitrogens with zero attached hydrogens (tertiary/aromatic N) is 1. The van der Waals surface area contributed by atoms with E-state index >= 15 is 0 Å². The van der Waals surface area contributed by atoms with Crippen LogP contribution in [-0.4, -0.2) is 28.9 Å². The Hall–Kier alpha value is -4.34. The third kappa shape index (κ3) is 8.11. The first-order valence-corrected chi connectivity index (χ1v) is 13.8. The van der Waals surface area contributed by atoms with Gasteiger partial charge in [-0.05, 0) is 53.5 Å². The van der Waals surface area contributed by atoms with Crippen molar-refractivity contribution in [1.29, 1.82) is 0 Å². The lowest BCUT2D eigenvalue weighted by Crippen LogP contribution is -2.55. The monoisotopic (exact) mass is 580 g/mol. The lowest BCUT2D eigenvalue weighted by atomic mass is 9.86. The minimum Gasteiger partial charge on any atom is -0.326 e. The van der Waals surface area contributed by atoms with Gasteiger partial charge in [-0.15, -0.1) is 0 Å². The van der Waals surface area contributed by atoms with Crippen LogP contribution in [0.3, 0.4) is 0 Å². The van der Waals surface area contributed by atoms with E-state index in [0.717, 1.165) is 23.3 Å². The molecule has 10 heteroatoms. The normalized spacial score (nSPS) is 19.5. The molecular formula is C32H35F3N4O3. The summed E-state index contributed by atoms with van der Waals surface area (Å²) in [5.41, 5.74) is 3.27. The molecule has 7 nitrogen and oxygen atoms in total. The number of benzene rings is 3. The summed E-state index contributed by atoms with van der Waals surface area (Å²) >= 11 is 0. The van der Waals surface area contributed by atoms with Crippen LogP contribution in [0.5, 0.6) is 0 Å². The SMILES string of the molecule is CC(C)(C)CC(=O)NN1C(=O)C(NC(=O)Nc2cccc(C(F)(F)F)c2)CC(c2ccccc2)CC1c1ccccc1. The molecule has 4 rings (SSSR count). The van der Waals surface area contributed by atoms with Crippen molar-refractivity contribution in [2.75, 3.05) is 5.32 Å². The molecule has 0 radical (unpaired) electrons. The number of nitrogens with one attached hydrogen (secondary N) is 3. The predicted molar refractivity (Wildman–Crippen MR) is 154 cm³/mol. The Bertz CT molecular complexity index is 1390. The molecule has 3 N–H and O–H groups in total. The number of hydrogen-bond donors (Lipinski definition) is 3. The van der Waals surface area contributed by atoms with Gasteiger partial charge in [0.25, 0.3) is 5.91 Å². The van der Waals surface area contributed by atoms with Gasteiger partial charge in [-0.2, -0.15) is 13.2 Å². The molecule has 0 aliphatic carbocycles. The van der Waals surface area contributed by atoms with Crippen LogP contribution >= 0.6 is 0 Å². The van der Waals surface area contributed by atoms with Gasteiger partial charge in [0, 0.05) is 12.1 Å². The maximum atomic E-state index is 14.1. The van der Waals surface area contributed by atoms with E-state index in [2.05, 4.69) is 16.1 Å². The van der Waals surface area contributed by atoms with Crippen molar-refractivity contribution in [3.63, 3.8) is 0 Å². The van der Waals surface area contributed by atoms with Crippen LogP contribution in [-0.2, 0) is 15.8 Å². The number of carbonyl (C=O) groups excluding carboxylic acids is 3. The molecule has 3 aromatic rings. The predicted octanol–water partition coefficient (Wildman–Crippen LogP) is 6.81. The van der Waals surface area contributed by atoms with Crippen LogP contribution in [0.2, 0.25) is 0 Å². The summed E-state index contributed by atoms with van der Waals surface area (Å²) in [6.07, 6.45) is -3.74. The van der Waals surface area contributed by atoms with E-state index in [9.17, 15) is 27.6 Å². The van der Waals surface area contributed by atoms with Crippen molar-refractivity contribution >= 4 is 23.5 Å². The maximum absolute atomic E-state index is 14.1. The van der Waals surface area contributed by atoms with Gasteiger partial charge < -0.3 is 10.6 Å². The Balaban J connectivity index is 1.67. The largest absolute Gasteiger partial charge is 0.416 e. The summed E-state index contributed by atoms with van der Waals surface area (Å²) in [6, 6.07) is 20.7. The number of hydrogen-bond acceptors (Lipinski definition) is 3. The first-order chi connectivity index (χ1) is 19.8. The lowest BCUT2D eigenvalue weighted by molar-refractivity contribution is -0.146. The van der Waals surface area contributed by atoms with E-state index in [4.69, 9.17) is 0 Å². The van der Waals surface area contributed by atoms with E-state index in [0.29, 0.717) is 6.42 Å². The van der Waals surface area contributed by atoms with Gasteiger partial charge in [0.05, 0.1) is 11.6 Å². The van der Waals surface area contributed by atoms with Crippen molar-refractivity contribution in [3.05, 3.63) is 102 Å². The van der Waals surface area contributed by atoms with Gasteiger partial charge in [0.15, 0.2) is 0 Å². The average Bonchev–Trinajstić information content (AvgIpc) is 3.05. The first-order valence-electron chi connectivity index (χ1n) is 13.8. The molecule has 1 fully saturated rings. The van der Waals surface area contributed by atoms with Gasteiger partial charge in [-0.25, -0.2) is 9.80 Å². The molecule has 0 saturated carbocycles. The van der Waals surface area contributed by atoms with E-state index in [1.165, 1.54) is 17.1 Å². The second kappa shape index (κ2) is 12.7. The van der Waals surface area contributed by atoms with Crippen molar-refractivity contribution < 1.29 is 27.6 Å². The van der Waals surface area contributed by atoms with Gasteiger partial charge in [-0.1, -0.05) is 87.5 Å². The summed E-state index contributed by atoms with van der Waals surface area (Å²) < 4.78 is 39.6. The molecule has 222 valence electrons. The topological polar surface area (TPSA) is 90.5 Å². The Morgan fingerprint density at radius 3 is 2.07 bits per heavy atom. The second-order valence-electron chi connectivity index (χ2n) is 11.7. The van der Waals surface area contributed by atoms with Gasteiger partial charge in [0.2, 0.25) is 5.91 Å². The third-order valence-electron chi connectivity index (χ3n) is 7.02. The van der Waals surface area contributed by atoms with Gasteiger partial charge in [-0.3, -0.25) is 15.0 Å². The summed E-state index contributed by atoms with van der Waals surface area (Å²) in [4.78, 5) is 40.2. The quantitative estimate of drug-likeness (QED) is 0.299. The van der Waals surface area contributed by atoms with Crippen molar-refractivity contribution in [1.82, 2.24) is 15.8 Å². The smallest absolute Gasteiger partial charge is 0.326 e. The molecule has 3 aromatic carbocycles. The van der Waals surface area contributed by atoms with E-state index in [-0.39, 0.29) is 35.8 Å². The maximum Gasteiger partial charge on any atom is 0.416 e. The zero-order valence-corrected chi connectivity index (χ0v) is 23.7. The Morgan fingerprint density at radius 1 is 0.857 bits per heavy atom. The van der Waals surface area contributed by atoms with Gasteiger partial charge >= 0.3 is 12.2 Å². The highest BCUT2D eigenvalue weighted by Crippen LogP contribution is 2.38. The zero-order valence-electron chi connectivity index (χ0n) is 23.7. The van der Waals surface area contributed by atoms with Crippen LogP contribution in [0.1, 0.15) is 68.7 Å². The molecule has 0 aromatic heterocycles. The van der Waals surface area contributed by atoms with Crippen LogP contribution < -0.4 is 16.1 Å². The first kappa shape index (κ1) is 30.6. The van der Waals surface area contributed by atoms with Crippen molar-refractivity contribution in [3.8, 4) is 0 Å². The van der Waals surface area contributed by atoms with Crippen LogP contribution in [0, 0.1) is 5.41 Å². The Kier molecular flexibility index (Phi) is 9.23. The number of hydrazine groups is 1. The number of amides is 4. The molecule has 0 bridgehead atoms. The van der Waals surface area contributed by atoms with Crippen LogP contribution in [0.4, 0.5) is 23.7 Å². The zero-order chi connectivity index (χ0) is 30.5. The molecule has 3 unspecified atom stereocenters. The van der Waals surface area contributed by atoms with Crippen LogP contribution in [0.15, 0.2) is 84.9 Å². The van der Waals surface area contributed by atoms with E-state index in [1.807, 2.05) is 81.4 Å². The fourth-order valence-corrected chi connectivity index (χ4v) is 5.14. The highest BCUT2D eigenvalue weighted by molar-refractivity contribution is 5.94. The summed E-state index contributed by atoms with van der Waals surface area (Å²) in [5, 5.41) is 6.39. The highest BCUT2D eigenvalue weighted by atomic mass is 19.4. The number of urea groups is 1. The molecule has 1 heterocycles. The fraction of sp³-hybridized carbons (Fsp3) is 0.344. The molecule has 1 aliphatic heterocycles. The van der Waals surface area contributed by atoms with Crippen LogP contribution in [0.25, 0.3) is 0 Å². The second-order valence-corrected chi connectivity index (χ2v) is 11.7. The van der Waals surface area contributed by atoms with E-state index < -0.39 is 35.8 Å². The number of anilines is 1. The molecular weight excluding hydrogens is 545 g/mol. The average molecular weight is 581 g/mol. The Labute approximate surface area is 243 Å². The fourth-order valence-electron chi connectivity index (χ4n) is 5.14. The third-order valence-corrected chi connectivity index (χ3v) is 7.02. The molecule has 3 atom stereocenters. The van der Waals surface area contributed by atoms with Gasteiger partial charge in [0.1, 0.15) is 6.04 Å². The van der Waals surface area contributed by atoms with Crippen molar-refractivity contribution in [2.24, 2.45) is 5.41 Å². The van der Waals surface area contributed by atoms with E-state index in [1.54, 1.807) is 0 Å². The minimum atomic E-state index is -4.58. The molecule has 1 aliphatic rings. The molecule has 42 heavy (non-hydrogen) atoms. The number of halogens is 3. The highest BCUT2D eigenvalue weighted by Gasteiger charge is 2.40. The Morgan fingerprint density at radius 2 is 1.48 bits per heavy atom. The molecule has 4 amide bonds. The minimum absolute atomic E-state index is 0.0690. The van der Waals surface area contributed by atoms with Crippen molar-refractivity contribution in [2.45, 2.75) is 64.2 Å². The number of rotatable bonds is 6. The summed E-state index contributed by atoms with van der Waals surface area (Å²) in [6.45, 7) is 5.75. The molecule has 1 saturated heterocycles. The number of carbonyl (C=O) groups is 3. The standard InChI is InChI=1S/C32H35F3N4O3/c1-31(2,3)20-28(40)38-39-27(22-13-8-5-9-14-22)18-23(21-11-6-4-7-12-21)17-26(29(39)41)37-30(42)36-25-16-10-15-24(19-25)32(33,34)35/h4-16,19,23,26-27H,17-18,20H2,1-3H3,(H,38,40)(H2,36,37,42).